The van der Waals surface area contributed by atoms with Gasteiger partial charge in [-0.3, -0.25) is 0 Å². The molecular weight excluding hydrogens is 230 g/mol. The molecule has 1 heterocycles. The van der Waals surface area contributed by atoms with Crippen molar-refractivity contribution in [2.45, 2.75) is 38.0 Å². The molecule has 2 rings (SSSR count). The molecule has 1 aromatic carbocycles. The lowest BCUT2D eigenvalue weighted by atomic mass is 10.1. The van der Waals surface area contributed by atoms with Gasteiger partial charge in [-0.15, -0.1) is 11.6 Å². The monoisotopic (exact) mass is 251 g/mol. The van der Waals surface area contributed by atoms with E-state index in [2.05, 4.69) is 36.1 Å². The fourth-order valence-electron chi connectivity index (χ4n) is 2.43. The Morgan fingerprint density at radius 3 is 2.24 bits per heavy atom. The van der Waals surface area contributed by atoms with Crippen molar-refractivity contribution < 1.29 is 0 Å². The minimum atomic E-state index is 0.133. The number of hydrogen-bond donors (Lipinski definition) is 0. The molecule has 0 aromatic heterocycles. The van der Waals surface area contributed by atoms with E-state index in [9.17, 15) is 0 Å². The number of hydrogen-bond acceptors (Lipinski definition) is 1. The fraction of sp³-hybridized carbons (Fsp3) is 0.600. The predicted molar refractivity (Wildman–Crippen MR) is 74.7 cm³/mol. The van der Waals surface area contributed by atoms with Crippen LogP contribution in [0.1, 0.15) is 42.2 Å². The topological polar surface area (TPSA) is 3.24 Å². The number of aryl methyl sites for hydroxylation is 1. The highest BCUT2D eigenvalue weighted by Crippen LogP contribution is 2.23. The van der Waals surface area contributed by atoms with Crippen LogP contribution in [-0.2, 0) is 0 Å². The average molecular weight is 252 g/mol. The molecule has 1 atom stereocenters. The van der Waals surface area contributed by atoms with E-state index in [1.807, 2.05) is 0 Å². The number of benzene rings is 1. The first-order valence-electron chi connectivity index (χ1n) is 6.69. The van der Waals surface area contributed by atoms with Crippen molar-refractivity contribution in [3.05, 3.63) is 35.4 Å². The summed E-state index contributed by atoms with van der Waals surface area (Å²) in [4.78, 5) is 2.52. The Morgan fingerprint density at radius 2 is 1.65 bits per heavy atom. The quantitative estimate of drug-likeness (QED) is 0.730. The average Bonchev–Trinajstić information content (AvgIpc) is 2.58. The lowest BCUT2D eigenvalue weighted by Crippen LogP contribution is -2.28. The maximum atomic E-state index is 6.50. The molecule has 0 aliphatic carbocycles. The van der Waals surface area contributed by atoms with Crippen LogP contribution in [0.4, 0.5) is 0 Å². The van der Waals surface area contributed by atoms with E-state index in [-0.39, 0.29) is 5.38 Å². The van der Waals surface area contributed by atoms with Crippen molar-refractivity contribution in [2.75, 3.05) is 19.6 Å². The lowest BCUT2D eigenvalue weighted by molar-refractivity contribution is 0.285. The Hall–Kier alpha value is -0.530. The third kappa shape index (κ3) is 4.01. The van der Waals surface area contributed by atoms with Crippen molar-refractivity contribution in [2.24, 2.45) is 0 Å². The molecule has 17 heavy (non-hydrogen) atoms. The Labute approximate surface area is 110 Å². The second kappa shape index (κ2) is 6.42. The highest BCUT2D eigenvalue weighted by molar-refractivity contribution is 6.21. The van der Waals surface area contributed by atoms with Gasteiger partial charge in [-0.05, 0) is 38.4 Å². The summed E-state index contributed by atoms with van der Waals surface area (Å²) in [5, 5.41) is 0.133. The maximum Gasteiger partial charge on any atom is 0.0712 e. The van der Waals surface area contributed by atoms with E-state index in [0.29, 0.717) is 0 Å². The van der Waals surface area contributed by atoms with E-state index < -0.39 is 0 Å². The molecule has 0 bridgehead atoms. The predicted octanol–water partition coefficient (Wildman–Crippen LogP) is 4.15. The number of alkyl halides is 1. The van der Waals surface area contributed by atoms with Crippen molar-refractivity contribution in [3.63, 3.8) is 0 Å². The first-order valence-corrected chi connectivity index (χ1v) is 7.12. The first-order chi connectivity index (χ1) is 8.25. The standard InChI is InChI=1S/C15H22ClN/c1-13-6-8-14(9-7-13)15(16)12-17-10-4-2-3-5-11-17/h6-9,15H,2-5,10-12H2,1H3. The number of likely N-dealkylation sites (tertiary alicyclic amines) is 1. The van der Waals surface area contributed by atoms with Crippen LogP contribution in [0.15, 0.2) is 24.3 Å². The molecule has 0 N–H and O–H groups in total. The van der Waals surface area contributed by atoms with Crippen LogP contribution in [0, 0.1) is 6.92 Å². The zero-order valence-corrected chi connectivity index (χ0v) is 11.4. The number of nitrogens with zero attached hydrogens (tertiary/aromatic N) is 1. The molecule has 1 aliphatic rings. The van der Waals surface area contributed by atoms with E-state index in [1.165, 1.54) is 49.9 Å². The minimum absolute atomic E-state index is 0.133. The van der Waals surface area contributed by atoms with Crippen LogP contribution in [0.3, 0.4) is 0 Å². The smallest absolute Gasteiger partial charge is 0.0712 e. The summed E-state index contributed by atoms with van der Waals surface area (Å²) in [5.74, 6) is 0. The second-order valence-corrected chi connectivity index (χ2v) is 5.62. The summed E-state index contributed by atoms with van der Waals surface area (Å²) in [7, 11) is 0. The van der Waals surface area contributed by atoms with Gasteiger partial charge in [0.2, 0.25) is 0 Å². The van der Waals surface area contributed by atoms with Crippen molar-refractivity contribution in [1.82, 2.24) is 4.90 Å². The molecule has 0 spiro atoms. The molecule has 1 fully saturated rings. The Bertz CT molecular complexity index is 325. The summed E-state index contributed by atoms with van der Waals surface area (Å²) in [6.45, 7) is 5.54. The van der Waals surface area contributed by atoms with Gasteiger partial charge < -0.3 is 4.90 Å². The molecular formula is C15H22ClN. The maximum absolute atomic E-state index is 6.50. The fourth-order valence-corrected chi connectivity index (χ4v) is 2.77. The summed E-state index contributed by atoms with van der Waals surface area (Å²) in [6, 6.07) is 8.61. The van der Waals surface area contributed by atoms with Gasteiger partial charge in [-0.25, -0.2) is 0 Å². The van der Waals surface area contributed by atoms with Gasteiger partial charge in [0.1, 0.15) is 0 Å². The summed E-state index contributed by atoms with van der Waals surface area (Å²) in [5.41, 5.74) is 2.55. The molecule has 0 amide bonds. The van der Waals surface area contributed by atoms with E-state index in [0.717, 1.165) is 6.54 Å². The number of rotatable bonds is 3. The number of halogens is 1. The molecule has 1 saturated heterocycles. The van der Waals surface area contributed by atoms with Crippen LogP contribution >= 0.6 is 11.6 Å². The van der Waals surface area contributed by atoms with Crippen molar-refractivity contribution in [3.8, 4) is 0 Å². The van der Waals surface area contributed by atoms with E-state index in [4.69, 9.17) is 11.6 Å². The molecule has 94 valence electrons. The van der Waals surface area contributed by atoms with E-state index >= 15 is 0 Å². The Morgan fingerprint density at radius 1 is 1.06 bits per heavy atom. The van der Waals surface area contributed by atoms with Gasteiger partial charge in [0.25, 0.3) is 0 Å². The lowest BCUT2D eigenvalue weighted by Gasteiger charge is -2.23. The van der Waals surface area contributed by atoms with Gasteiger partial charge in [0.05, 0.1) is 5.38 Å². The Kier molecular flexibility index (Phi) is 4.87. The zero-order chi connectivity index (χ0) is 12.1. The highest BCUT2D eigenvalue weighted by Gasteiger charge is 2.15. The molecule has 2 heteroatoms. The van der Waals surface area contributed by atoms with E-state index in [1.54, 1.807) is 0 Å². The minimum Gasteiger partial charge on any atom is -0.302 e. The third-order valence-corrected chi connectivity index (χ3v) is 3.95. The largest absolute Gasteiger partial charge is 0.302 e. The Balaban J connectivity index is 1.91. The normalized spacial score (nSPS) is 19.9. The van der Waals surface area contributed by atoms with Gasteiger partial charge in [-0.2, -0.15) is 0 Å². The second-order valence-electron chi connectivity index (χ2n) is 5.09. The molecule has 1 nitrogen and oxygen atoms in total. The van der Waals surface area contributed by atoms with Crippen LogP contribution < -0.4 is 0 Å². The van der Waals surface area contributed by atoms with Crippen LogP contribution in [0.5, 0.6) is 0 Å². The van der Waals surface area contributed by atoms with Crippen molar-refractivity contribution >= 4 is 11.6 Å². The molecule has 1 unspecified atom stereocenters. The summed E-state index contributed by atoms with van der Waals surface area (Å²) >= 11 is 6.50. The summed E-state index contributed by atoms with van der Waals surface area (Å²) in [6.07, 6.45) is 5.43. The van der Waals surface area contributed by atoms with Gasteiger partial charge in [0.15, 0.2) is 0 Å². The van der Waals surface area contributed by atoms with Crippen LogP contribution in [0.25, 0.3) is 0 Å². The van der Waals surface area contributed by atoms with Crippen LogP contribution in [0.2, 0.25) is 0 Å². The molecule has 1 aromatic rings. The van der Waals surface area contributed by atoms with Gasteiger partial charge in [0, 0.05) is 6.54 Å². The molecule has 0 saturated carbocycles. The highest BCUT2D eigenvalue weighted by atomic mass is 35.5. The van der Waals surface area contributed by atoms with Gasteiger partial charge >= 0.3 is 0 Å². The SMILES string of the molecule is Cc1ccc(C(Cl)CN2CCCCCC2)cc1. The first kappa shape index (κ1) is 12.9. The van der Waals surface area contributed by atoms with Gasteiger partial charge in [-0.1, -0.05) is 42.7 Å². The van der Waals surface area contributed by atoms with Crippen LogP contribution in [-0.4, -0.2) is 24.5 Å². The third-order valence-electron chi connectivity index (χ3n) is 3.56. The van der Waals surface area contributed by atoms with Crippen molar-refractivity contribution in [1.29, 1.82) is 0 Å². The zero-order valence-electron chi connectivity index (χ0n) is 10.7. The molecule has 1 aliphatic heterocycles. The molecule has 0 radical (unpaired) electrons. The summed E-state index contributed by atoms with van der Waals surface area (Å²) < 4.78 is 0.